The fourth-order valence-corrected chi connectivity index (χ4v) is 19.2. The summed E-state index contributed by atoms with van der Waals surface area (Å²) in [5.41, 5.74) is 11.9. The zero-order valence-electron chi connectivity index (χ0n) is 74.5. The summed E-state index contributed by atoms with van der Waals surface area (Å²) in [6.07, 6.45) is 36.6. The van der Waals surface area contributed by atoms with Crippen molar-refractivity contribution in [2.45, 2.75) is 332 Å². The summed E-state index contributed by atoms with van der Waals surface area (Å²) >= 11 is 31.3. The predicted octanol–water partition coefficient (Wildman–Crippen LogP) is 23.2. The number of phosphoric ester groups is 2. The Bertz CT molecular complexity index is 4680. The van der Waals surface area contributed by atoms with Crippen LogP contribution in [0.15, 0.2) is 97.6 Å². The summed E-state index contributed by atoms with van der Waals surface area (Å²) in [5, 5.41) is 31.9. The number of rotatable bonds is 60. The highest BCUT2D eigenvalue weighted by molar-refractivity contribution is 7.49. The van der Waals surface area contributed by atoms with Crippen molar-refractivity contribution in [2.24, 2.45) is 0 Å². The van der Waals surface area contributed by atoms with E-state index in [1.54, 1.807) is 107 Å². The minimum atomic E-state index is -4.69. The van der Waals surface area contributed by atoms with E-state index in [9.17, 15) is 24.5 Å². The molecule has 0 amide bonds. The quantitative estimate of drug-likeness (QED) is 0.0235. The van der Waals surface area contributed by atoms with Crippen molar-refractivity contribution in [2.75, 3.05) is 64.3 Å². The van der Waals surface area contributed by atoms with E-state index in [4.69, 9.17) is 139 Å². The van der Waals surface area contributed by atoms with E-state index >= 15 is 0 Å². The molecule has 4 aromatic heterocycles. The molecule has 4 saturated heterocycles. The molecule has 0 spiro atoms. The van der Waals surface area contributed by atoms with Gasteiger partial charge in [0.15, 0.2) is 23.2 Å². The van der Waals surface area contributed by atoms with E-state index in [0.29, 0.717) is 55.7 Å². The molecule has 3 aromatic carbocycles. The molecule has 4 aliphatic rings. The monoisotopic (exact) mass is 1900 g/mol. The van der Waals surface area contributed by atoms with Gasteiger partial charge in [0, 0.05) is 13.2 Å². The molecule has 0 radical (unpaired) electrons. The van der Waals surface area contributed by atoms with Gasteiger partial charge in [-0.25, -0.2) is 28.1 Å². The lowest BCUT2D eigenvalue weighted by Gasteiger charge is -2.29. The lowest BCUT2D eigenvalue weighted by molar-refractivity contribution is -0.204. The normalized spacial score (nSPS) is 21.9. The molecule has 4 aliphatic heterocycles. The molecule has 12 atom stereocenters. The highest BCUT2D eigenvalue weighted by Crippen LogP contribution is 2.56. The van der Waals surface area contributed by atoms with Crippen molar-refractivity contribution in [1.82, 2.24) is 29.2 Å². The van der Waals surface area contributed by atoms with Crippen molar-refractivity contribution >= 4 is 96.3 Å². The van der Waals surface area contributed by atoms with Crippen molar-refractivity contribution in [3.8, 4) is 17.9 Å². The molecule has 0 bridgehead atoms. The number of anilines is 2. The first-order valence-electron chi connectivity index (χ1n) is 45.5. The number of unbranched alkanes of at least 4 members (excludes halogenated alkanes) is 30. The van der Waals surface area contributed by atoms with Gasteiger partial charge in [-0.3, -0.25) is 18.1 Å². The maximum atomic E-state index is 14.8. The van der Waals surface area contributed by atoms with Crippen molar-refractivity contribution in [1.29, 1.82) is 10.5 Å². The first kappa shape index (κ1) is 104. The van der Waals surface area contributed by atoms with E-state index in [1.807, 2.05) is 6.07 Å². The Labute approximate surface area is 774 Å². The van der Waals surface area contributed by atoms with Gasteiger partial charge in [-0.2, -0.15) is 20.7 Å². The minimum Gasteiger partial charge on any atom is -0.402 e. The van der Waals surface area contributed by atoms with Crippen LogP contribution >= 0.6 is 73.7 Å². The van der Waals surface area contributed by atoms with Crippen LogP contribution in [0.5, 0.6) is 5.75 Å². The van der Waals surface area contributed by atoms with Gasteiger partial charge in [0.25, 0.3) is 0 Å². The molecular weight excluding hydrogens is 1770 g/mol. The van der Waals surface area contributed by atoms with Crippen molar-refractivity contribution in [3.05, 3.63) is 145 Å². The van der Waals surface area contributed by atoms with Crippen LogP contribution in [0, 0.1) is 22.7 Å². The third-order valence-electron chi connectivity index (χ3n) is 23.0. The van der Waals surface area contributed by atoms with E-state index in [2.05, 4.69) is 46.2 Å². The summed E-state index contributed by atoms with van der Waals surface area (Å²) in [5.74, 6) is -1.71. The van der Waals surface area contributed by atoms with Crippen LogP contribution in [0.25, 0.3) is 11.0 Å². The number of fused-ring (bicyclic) bond motifs is 4. The van der Waals surface area contributed by atoms with Gasteiger partial charge in [-0.05, 0) is 112 Å². The molecular formula is C92H131Cl5N10O18P2. The number of hydrogen-bond donors (Lipinski definition) is 3. The smallest absolute Gasteiger partial charge is 0.402 e. The first-order valence-corrected chi connectivity index (χ1v) is 50.4. The zero-order valence-corrected chi connectivity index (χ0v) is 80.0. The molecule has 11 rings (SSSR count). The summed E-state index contributed by atoms with van der Waals surface area (Å²) in [6, 6.07) is 28.2. The van der Waals surface area contributed by atoms with Crippen molar-refractivity contribution in [3.63, 3.8) is 0 Å². The van der Waals surface area contributed by atoms with Crippen LogP contribution in [0.1, 0.15) is 270 Å². The van der Waals surface area contributed by atoms with Gasteiger partial charge >= 0.3 is 15.6 Å². The van der Waals surface area contributed by atoms with E-state index in [1.165, 1.54) is 189 Å². The van der Waals surface area contributed by atoms with Gasteiger partial charge in [0.2, 0.25) is 11.2 Å². The number of nitrogens with two attached hydrogens (primary N) is 2. The second-order valence-electron chi connectivity index (χ2n) is 34.1. The van der Waals surface area contributed by atoms with Crippen LogP contribution < -0.4 is 16.0 Å². The number of aromatic nitrogens is 6. The number of phosphoric acid groups is 2. The highest BCUT2D eigenvalue weighted by atomic mass is 35.5. The van der Waals surface area contributed by atoms with Gasteiger partial charge < -0.3 is 68.3 Å². The van der Waals surface area contributed by atoms with Gasteiger partial charge in [0.1, 0.15) is 90.4 Å². The second kappa shape index (κ2) is 52.3. The third kappa shape index (κ3) is 31.3. The number of nitriles is 2. The summed E-state index contributed by atoms with van der Waals surface area (Å²) in [7, 11) is -9.24. The Morgan fingerprint density at radius 1 is 0.457 bits per heavy atom. The lowest BCUT2D eigenvalue weighted by atomic mass is 9.92. The molecule has 7 aromatic rings. The number of hydrogen-bond acceptors (Lipinski definition) is 25. The molecule has 8 heterocycles. The third-order valence-corrected chi connectivity index (χ3v) is 27.1. The number of ether oxygens (including phenoxy) is 10. The zero-order chi connectivity index (χ0) is 90.7. The number of benzene rings is 3. The van der Waals surface area contributed by atoms with Crippen LogP contribution in [-0.2, 0) is 99.0 Å². The number of nitrogens with zero attached hydrogens (tertiary/aromatic N) is 8. The molecule has 5 N–H and O–H groups in total. The van der Waals surface area contributed by atoms with Crippen molar-refractivity contribution < 1.29 is 84.0 Å². The molecule has 35 heteroatoms. The number of halogens is 5. The van der Waals surface area contributed by atoms with Crippen LogP contribution in [0.2, 0.25) is 25.1 Å². The lowest BCUT2D eigenvalue weighted by Crippen LogP contribution is -2.40. The second-order valence-corrected chi connectivity index (χ2v) is 39.2. The minimum absolute atomic E-state index is 0.0654. The Morgan fingerprint density at radius 2 is 0.835 bits per heavy atom. The standard InChI is InChI=1S/C49H67Cl3N5O9P.C43H64Cl2N5O9P/c1-4-5-6-7-8-9-10-11-12-13-14-15-16-17-18-21-28-59-31-37(60-30-36-24-25-38(50)40(52)29-36)32-61-67(58,66-42-23-20-19-22-39(42)51)62-33-43-45-46(65-48(2,3)64-45)49(34-53,63-43)44-27-26-41-47(54)55-35-56-57(41)44;1-4-5-6-7-8-9-10-11-12-13-14-15-16-17-18-19-24-53-27-33(54-26-32-20-21-34(44)35(45)25-32)28-55-60(51,52)56-29-37-39-40(59-42(2,3)58-39)43(30-46,57-37)38-23-22-36-41(47)48-31-49-50(36)38/h19-20,22-27,29,35,37,43,45-46H,4-18,21,28,30-33H2,1-3H3,(H2,54,55,56);20-23,25,31,33,37,39-40H,4-19,24,26-29H2,1-3H3,(H,51,52)(H2,47,48,49)/t37-,43-,45-,46-,49+,67?;33-,37-,39-,40-,43+/m11/s1. The highest BCUT2D eigenvalue weighted by Gasteiger charge is 2.67. The number of para-hydroxylation sites is 1. The molecule has 4 fully saturated rings. The van der Waals surface area contributed by atoms with Gasteiger partial charge in [0.05, 0.1) is 89.4 Å². The molecule has 0 aliphatic carbocycles. The first-order chi connectivity index (χ1) is 61.2. The maximum Gasteiger partial charge on any atom is 0.530 e. The average molecular weight is 1900 g/mol. The molecule has 0 saturated carbocycles. The van der Waals surface area contributed by atoms with Crippen LogP contribution in [0.3, 0.4) is 0 Å². The van der Waals surface area contributed by atoms with E-state index in [-0.39, 0.29) is 62.0 Å². The maximum absolute atomic E-state index is 14.8. The van der Waals surface area contributed by atoms with E-state index < -0.39 is 100 Å². The molecule has 127 heavy (non-hydrogen) atoms. The van der Waals surface area contributed by atoms with Crippen LogP contribution in [0.4, 0.5) is 11.6 Å². The summed E-state index contributed by atoms with van der Waals surface area (Å²) in [6.45, 7) is 11.6. The van der Waals surface area contributed by atoms with Gasteiger partial charge in [-0.1, -0.05) is 289 Å². The Kier molecular flexibility index (Phi) is 42.7. The summed E-state index contributed by atoms with van der Waals surface area (Å²) < 4.78 is 122. The SMILES string of the molecule is CCCCCCCCCCCCCCCCCCOC[C@H](COP(=O)(O)OC[C@H]1O[C@@](C#N)(c2ccc3c(N)ncnn23)[C@@H]2OC(C)(C)O[C@@H]21)OCc1ccc(Cl)c(Cl)c1.CCCCCCCCCCCCCCCCCCOC[C@H](COP(=O)(OC[C@H]1O[C@@](C#N)(c2ccc3c(N)ncnn23)[C@@H]2OC(C)(C)O[C@@H]21)Oc1ccccc1Cl)OCc1ccc(Cl)c(Cl)c1. The molecule has 2 unspecified atom stereocenters. The van der Waals surface area contributed by atoms with Gasteiger partial charge in [-0.15, -0.1) is 0 Å². The average Bonchev–Trinajstić information content (AvgIpc) is 1.56. The molecule has 28 nitrogen and oxygen atoms in total. The van der Waals surface area contributed by atoms with E-state index in [0.717, 1.165) is 49.7 Å². The molecule has 702 valence electrons. The Hall–Kier alpha value is -5.41. The fraction of sp³-hybridized carbons (Fsp3) is 0.652. The fourth-order valence-electron chi connectivity index (χ4n) is 16.3. The Balaban J connectivity index is 0.000000266. The summed E-state index contributed by atoms with van der Waals surface area (Å²) in [4.78, 5) is 18.9. The topological polar surface area (TPSA) is 353 Å². The predicted molar refractivity (Wildman–Crippen MR) is 491 cm³/mol. The largest absolute Gasteiger partial charge is 0.530 e. The number of nitrogen functional groups attached to an aromatic ring is 2. The van der Waals surface area contributed by atoms with Crippen LogP contribution in [-0.4, -0.2) is 147 Å². The Morgan fingerprint density at radius 3 is 1.22 bits per heavy atom.